The summed E-state index contributed by atoms with van der Waals surface area (Å²) in [6.45, 7) is 0. The normalized spacial score (nSPS) is 22.6. The molecule has 0 radical (unpaired) electrons. The van der Waals surface area contributed by atoms with Gasteiger partial charge in [0.05, 0.1) is 0 Å². The predicted molar refractivity (Wildman–Crippen MR) is 78.8 cm³/mol. The van der Waals surface area contributed by atoms with Crippen molar-refractivity contribution in [1.82, 2.24) is 20.2 Å². The van der Waals surface area contributed by atoms with E-state index in [0.717, 1.165) is 41.4 Å². The van der Waals surface area contributed by atoms with Crippen LogP contribution in [0.1, 0.15) is 12.8 Å². The number of hydrogen-bond donors (Lipinski definition) is 1. The highest BCUT2D eigenvalue weighted by Gasteiger charge is 2.17. The summed E-state index contributed by atoms with van der Waals surface area (Å²) in [5.74, 6) is 2.34. The molecule has 1 saturated heterocycles. The van der Waals surface area contributed by atoms with E-state index in [1.54, 1.807) is 4.68 Å². The first-order valence-electron chi connectivity index (χ1n) is 6.66. The summed E-state index contributed by atoms with van der Waals surface area (Å²) < 4.78 is 13.0. The molecule has 106 valence electrons. The second-order valence-electron chi connectivity index (χ2n) is 4.97. The fourth-order valence-corrected chi connectivity index (χ4v) is 3.69. The van der Waals surface area contributed by atoms with Gasteiger partial charge in [-0.05, 0) is 35.4 Å². The molecule has 2 aromatic rings. The first-order valence-corrected chi connectivity index (χ1v) is 8.15. The van der Waals surface area contributed by atoms with Crippen molar-refractivity contribution in [3.05, 3.63) is 24.3 Å². The van der Waals surface area contributed by atoms with E-state index in [1.165, 1.54) is 0 Å². The van der Waals surface area contributed by atoms with Crippen LogP contribution in [0.5, 0.6) is 0 Å². The highest BCUT2D eigenvalue weighted by Crippen LogP contribution is 2.22. The Labute approximate surface area is 120 Å². The molecule has 0 atom stereocenters. The molecule has 6 nitrogen and oxygen atoms in total. The van der Waals surface area contributed by atoms with Gasteiger partial charge in [0, 0.05) is 46.6 Å². The number of nitrogens with zero attached hydrogens (tertiary/aromatic N) is 4. The van der Waals surface area contributed by atoms with Crippen LogP contribution in [0.15, 0.2) is 24.3 Å². The summed E-state index contributed by atoms with van der Waals surface area (Å²) in [5, 5.41) is 15.0. The highest BCUT2D eigenvalue weighted by atomic mass is 32.2. The highest BCUT2D eigenvalue weighted by molar-refractivity contribution is 7.85. The van der Waals surface area contributed by atoms with Crippen molar-refractivity contribution in [3.8, 4) is 11.4 Å². The molecule has 0 bridgehead atoms. The van der Waals surface area contributed by atoms with Crippen molar-refractivity contribution in [2.75, 3.05) is 16.8 Å². The molecule has 1 N–H and O–H groups in total. The number of hydrogen-bond acceptors (Lipinski definition) is 5. The van der Waals surface area contributed by atoms with Crippen LogP contribution in [-0.2, 0) is 17.8 Å². The van der Waals surface area contributed by atoms with Crippen LogP contribution >= 0.6 is 0 Å². The number of tetrazole rings is 1. The largest absolute Gasteiger partial charge is 0.382 e. The van der Waals surface area contributed by atoms with E-state index < -0.39 is 10.8 Å². The van der Waals surface area contributed by atoms with Crippen LogP contribution in [0.25, 0.3) is 11.4 Å². The Morgan fingerprint density at radius 2 is 2.15 bits per heavy atom. The summed E-state index contributed by atoms with van der Waals surface area (Å²) in [7, 11) is 1.20. The van der Waals surface area contributed by atoms with Crippen molar-refractivity contribution in [2.45, 2.75) is 18.9 Å². The molecular weight excluding hydrogens is 274 g/mol. The Balaban J connectivity index is 1.75. The molecule has 2 heterocycles. The minimum absolute atomic E-state index is 0.403. The van der Waals surface area contributed by atoms with Crippen LogP contribution in [0.2, 0.25) is 0 Å². The van der Waals surface area contributed by atoms with Gasteiger partial charge in [0.25, 0.3) is 0 Å². The summed E-state index contributed by atoms with van der Waals surface area (Å²) >= 11 is 0. The van der Waals surface area contributed by atoms with E-state index in [9.17, 15) is 4.21 Å². The van der Waals surface area contributed by atoms with Crippen LogP contribution in [0.4, 0.5) is 5.69 Å². The molecule has 1 fully saturated rings. The molecule has 0 amide bonds. The molecule has 1 aromatic carbocycles. The van der Waals surface area contributed by atoms with Gasteiger partial charge in [0.15, 0.2) is 5.82 Å². The monoisotopic (exact) mass is 291 g/mol. The van der Waals surface area contributed by atoms with E-state index in [0.29, 0.717) is 6.04 Å². The molecule has 0 saturated carbocycles. The van der Waals surface area contributed by atoms with Gasteiger partial charge >= 0.3 is 0 Å². The molecule has 20 heavy (non-hydrogen) atoms. The van der Waals surface area contributed by atoms with Gasteiger partial charge < -0.3 is 5.32 Å². The summed E-state index contributed by atoms with van der Waals surface area (Å²) in [4.78, 5) is 0. The lowest BCUT2D eigenvalue weighted by atomic mass is 10.1. The Bertz CT molecular complexity index is 617. The third-order valence-electron chi connectivity index (χ3n) is 3.50. The van der Waals surface area contributed by atoms with Gasteiger partial charge in [-0.1, -0.05) is 12.1 Å². The third-order valence-corrected chi connectivity index (χ3v) is 4.88. The lowest BCUT2D eigenvalue weighted by molar-refractivity contribution is 0.624. The van der Waals surface area contributed by atoms with Crippen molar-refractivity contribution in [3.63, 3.8) is 0 Å². The lowest BCUT2D eigenvalue weighted by Gasteiger charge is -2.23. The number of nitrogens with one attached hydrogen (secondary N) is 1. The summed E-state index contributed by atoms with van der Waals surface area (Å²) in [5.41, 5.74) is 2.05. The van der Waals surface area contributed by atoms with Crippen molar-refractivity contribution >= 4 is 16.5 Å². The standard InChI is InChI=1S/C13H17N5OS/c1-18-13(15-16-17-18)10-3-2-4-12(9-10)14-11-5-7-20(19)8-6-11/h2-4,9,11,14H,5-8H2,1H3. The van der Waals surface area contributed by atoms with Gasteiger partial charge in [0.2, 0.25) is 0 Å². The van der Waals surface area contributed by atoms with Gasteiger partial charge in [-0.15, -0.1) is 5.10 Å². The fourth-order valence-electron chi connectivity index (χ4n) is 2.40. The van der Waals surface area contributed by atoms with Crippen LogP contribution in [0, 0.1) is 0 Å². The first-order chi connectivity index (χ1) is 9.72. The Kier molecular flexibility index (Phi) is 3.77. The average Bonchev–Trinajstić information content (AvgIpc) is 2.88. The van der Waals surface area contributed by atoms with Gasteiger partial charge in [-0.3, -0.25) is 4.21 Å². The molecule has 1 aliphatic heterocycles. The molecule has 0 unspecified atom stereocenters. The van der Waals surface area contributed by atoms with Crippen LogP contribution in [-0.4, -0.2) is 42.0 Å². The number of benzene rings is 1. The Morgan fingerprint density at radius 1 is 1.35 bits per heavy atom. The number of aromatic nitrogens is 4. The molecule has 3 rings (SSSR count). The average molecular weight is 291 g/mol. The van der Waals surface area contributed by atoms with Crippen molar-refractivity contribution in [1.29, 1.82) is 0 Å². The zero-order chi connectivity index (χ0) is 13.9. The van der Waals surface area contributed by atoms with Crippen molar-refractivity contribution < 1.29 is 4.21 Å². The van der Waals surface area contributed by atoms with E-state index in [2.05, 4.69) is 26.9 Å². The molecule has 1 aromatic heterocycles. The molecule has 0 aliphatic carbocycles. The second-order valence-corrected chi connectivity index (χ2v) is 6.67. The summed E-state index contributed by atoms with van der Waals surface area (Å²) in [6, 6.07) is 8.48. The Morgan fingerprint density at radius 3 is 2.85 bits per heavy atom. The maximum Gasteiger partial charge on any atom is 0.181 e. The minimum Gasteiger partial charge on any atom is -0.382 e. The van der Waals surface area contributed by atoms with Crippen LogP contribution < -0.4 is 5.32 Å². The lowest BCUT2D eigenvalue weighted by Crippen LogP contribution is -2.29. The number of anilines is 1. The van der Waals surface area contributed by atoms with Crippen LogP contribution in [0.3, 0.4) is 0 Å². The molecule has 1 aliphatic rings. The zero-order valence-corrected chi connectivity index (χ0v) is 12.1. The third kappa shape index (κ3) is 2.87. The summed E-state index contributed by atoms with van der Waals surface area (Å²) in [6.07, 6.45) is 1.92. The van der Waals surface area contributed by atoms with Gasteiger partial charge in [-0.25, -0.2) is 4.68 Å². The smallest absolute Gasteiger partial charge is 0.181 e. The number of rotatable bonds is 3. The number of aryl methyl sites for hydroxylation is 1. The minimum atomic E-state index is -0.621. The first kappa shape index (κ1) is 13.2. The molecular formula is C13H17N5OS. The molecule has 0 spiro atoms. The predicted octanol–water partition coefficient (Wildman–Crippen LogP) is 1.20. The maximum absolute atomic E-state index is 11.4. The maximum atomic E-state index is 11.4. The van der Waals surface area contributed by atoms with E-state index in [4.69, 9.17) is 0 Å². The van der Waals surface area contributed by atoms with Gasteiger partial charge in [0.1, 0.15) is 0 Å². The van der Waals surface area contributed by atoms with E-state index in [1.807, 2.05) is 25.2 Å². The fraction of sp³-hybridized carbons (Fsp3) is 0.462. The van der Waals surface area contributed by atoms with E-state index in [-0.39, 0.29) is 0 Å². The zero-order valence-electron chi connectivity index (χ0n) is 11.3. The van der Waals surface area contributed by atoms with Crippen molar-refractivity contribution in [2.24, 2.45) is 7.05 Å². The topological polar surface area (TPSA) is 72.7 Å². The Hall–Kier alpha value is -1.76. The molecule has 7 heteroatoms. The SMILES string of the molecule is Cn1nnnc1-c1cccc(NC2CCS(=O)CC2)c1. The quantitative estimate of drug-likeness (QED) is 0.920. The second kappa shape index (κ2) is 5.70. The van der Waals surface area contributed by atoms with Gasteiger partial charge in [-0.2, -0.15) is 0 Å². The van der Waals surface area contributed by atoms with E-state index >= 15 is 0 Å².